The molecule has 0 saturated carbocycles. The first-order valence-corrected chi connectivity index (χ1v) is 21.1. The van der Waals surface area contributed by atoms with Gasteiger partial charge in [0.25, 0.3) is 0 Å². The van der Waals surface area contributed by atoms with E-state index < -0.39 is 0 Å². The molecule has 0 radical (unpaired) electrons. The highest BCUT2D eigenvalue weighted by molar-refractivity contribution is 8.03. The number of thioether (sulfide) groups is 1. The van der Waals surface area contributed by atoms with E-state index >= 15 is 0 Å². The van der Waals surface area contributed by atoms with Gasteiger partial charge in [0.1, 0.15) is 0 Å². The van der Waals surface area contributed by atoms with Crippen molar-refractivity contribution < 1.29 is 0 Å². The molecular weight excluding hydrogens is 713 g/mol. The molecule has 1 N–H and O–H groups in total. The van der Waals surface area contributed by atoms with Gasteiger partial charge in [0.15, 0.2) is 0 Å². The number of para-hydroxylation sites is 2. The molecule has 3 aliphatic carbocycles. The normalized spacial score (nSPS) is 21.3. The topological polar surface area (TPSA) is 34.2 Å². The molecule has 5 heteroatoms. The fourth-order valence-electron chi connectivity index (χ4n) is 9.88. The van der Waals surface area contributed by atoms with Crippen LogP contribution in [0.2, 0.25) is 0 Å². The fourth-order valence-corrected chi connectivity index (χ4v) is 11.3. The number of nitrogens with zero attached hydrogens (tertiary/aromatic N) is 3. The summed E-state index contributed by atoms with van der Waals surface area (Å²) in [4.78, 5) is 7.89. The molecule has 274 valence electrons. The zero-order chi connectivity index (χ0) is 37.5. The summed E-state index contributed by atoms with van der Waals surface area (Å²) in [5, 5.41) is 8.94. The molecule has 0 spiro atoms. The Balaban J connectivity index is 0.892. The zero-order valence-corrected chi connectivity index (χ0v) is 32.3. The second-order valence-corrected chi connectivity index (χ2v) is 16.9. The summed E-state index contributed by atoms with van der Waals surface area (Å²) < 4.78 is 4.78. The molecule has 2 aliphatic heterocycles. The molecule has 3 atom stereocenters. The third-order valence-electron chi connectivity index (χ3n) is 12.6. The molecule has 3 unspecified atom stereocenters. The first kappa shape index (κ1) is 32.9. The number of hydrogen-bond acceptors (Lipinski definition) is 3. The smallest absolute Gasteiger partial charge is 0.208 e. The molecule has 12 rings (SSSR count). The van der Waals surface area contributed by atoms with Gasteiger partial charge < -0.3 is 9.88 Å². The van der Waals surface area contributed by atoms with E-state index in [1.54, 1.807) is 0 Å². The molecule has 0 amide bonds. The van der Waals surface area contributed by atoms with Gasteiger partial charge in [0.05, 0.1) is 28.1 Å². The van der Waals surface area contributed by atoms with Gasteiger partial charge in [-0.3, -0.25) is 4.57 Å². The third kappa shape index (κ3) is 5.25. The van der Waals surface area contributed by atoms with Crippen LogP contribution in [0.3, 0.4) is 0 Å². The third-order valence-corrected chi connectivity index (χ3v) is 13.9. The summed E-state index contributed by atoms with van der Waals surface area (Å²) in [6.07, 6.45) is 27.1. The van der Waals surface area contributed by atoms with Crippen molar-refractivity contribution >= 4 is 67.0 Å². The van der Waals surface area contributed by atoms with Crippen LogP contribution in [0.4, 0.5) is 0 Å². The molecular formula is C52H40N4S. The molecule has 7 aromatic rings. The van der Waals surface area contributed by atoms with E-state index in [1.165, 1.54) is 75.9 Å². The van der Waals surface area contributed by atoms with Gasteiger partial charge in [-0.25, -0.2) is 4.99 Å². The maximum absolute atomic E-state index is 4.99. The predicted octanol–water partition coefficient (Wildman–Crippen LogP) is 13.1. The van der Waals surface area contributed by atoms with Crippen LogP contribution in [0.15, 0.2) is 196 Å². The Morgan fingerprint density at radius 2 is 1.37 bits per heavy atom. The van der Waals surface area contributed by atoms with Crippen molar-refractivity contribution in [2.45, 2.75) is 42.5 Å². The van der Waals surface area contributed by atoms with Crippen molar-refractivity contribution in [3.63, 3.8) is 0 Å². The van der Waals surface area contributed by atoms with Crippen molar-refractivity contribution in [3.8, 4) is 11.1 Å². The van der Waals surface area contributed by atoms with Crippen LogP contribution in [0.25, 0.3) is 60.4 Å². The van der Waals surface area contributed by atoms with Gasteiger partial charge >= 0.3 is 0 Å². The highest BCUT2D eigenvalue weighted by Gasteiger charge is 2.33. The van der Waals surface area contributed by atoms with Crippen molar-refractivity contribution in [2.75, 3.05) is 0 Å². The van der Waals surface area contributed by atoms with Crippen LogP contribution in [-0.2, 0) is 0 Å². The van der Waals surface area contributed by atoms with E-state index in [1.807, 2.05) is 18.0 Å². The Kier molecular flexibility index (Phi) is 7.59. The summed E-state index contributed by atoms with van der Waals surface area (Å²) in [5.74, 6) is 1.64. The predicted molar refractivity (Wildman–Crippen MR) is 241 cm³/mol. The lowest BCUT2D eigenvalue weighted by Crippen LogP contribution is -2.43. The van der Waals surface area contributed by atoms with Crippen molar-refractivity contribution in [3.05, 3.63) is 192 Å². The van der Waals surface area contributed by atoms with Crippen LogP contribution < -0.4 is 5.32 Å². The molecule has 4 heterocycles. The fraction of sp³-hybridized carbons (Fsp3) is 0.135. The average Bonchev–Trinajstić information content (AvgIpc) is 3.94. The Morgan fingerprint density at radius 1 is 0.667 bits per heavy atom. The maximum Gasteiger partial charge on any atom is 0.208 e. The molecule has 0 bridgehead atoms. The van der Waals surface area contributed by atoms with E-state index in [-0.39, 0.29) is 6.04 Å². The Bertz CT molecular complexity index is 3100. The molecule has 57 heavy (non-hydrogen) atoms. The van der Waals surface area contributed by atoms with Crippen molar-refractivity contribution in [2.24, 2.45) is 10.9 Å². The summed E-state index contributed by atoms with van der Waals surface area (Å²) >= 11 is 1.96. The lowest BCUT2D eigenvalue weighted by molar-refractivity contribution is 0.526. The van der Waals surface area contributed by atoms with Crippen molar-refractivity contribution in [1.82, 2.24) is 14.5 Å². The number of benzene rings is 5. The van der Waals surface area contributed by atoms with Crippen molar-refractivity contribution in [1.29, 1.82) is 0 Å². The minimum absolute atomic E-state index is 0.115. The summed E-state index contributed by atoms with van der Waals surface area (Å²) in [5.41, 5.74) is 12.8. The Hall–Kier alpha value is -6.30. The van der Waals surface area contributed by atoms with E-state index in [0.717, 1.165) is 42.7 Å². The van der Waals surface area contributed by atoms with E-state index in [4.69, 9.17) is 4.99 Å². The van der Waals surface area contributed by atoms with E-state index in [0.29, 0.717) is 11.8 Å². The standard InChI is InChI=1S/C52H40N4S/c1-2-14-37(15-3-1)55-46-21-7-4-16-39(46)43-31-33(24-26-48(43)55)34-25-27-49-44(32-34)40-17-5-8-22-47(40)56(49)52-53-29-28-45(54-52)36-13-10-12-35(30-36)38-19-11-20-42-41-18-6-9-23-50(41)57-51(38)42/h1-2,4-12,14,16-19,21-32,36,42,45H,3,13,15,20H2,(H,53,54). The SMILES string of the molecule is C1=CCCC(n2c3ccccc3c3cc(-c4ccc5c(c4)c4ccccc4n5C4=NC=CC(C5C=C(C6=C7Sc8ccccc8C7CC=C6)C=CC5)N4)ccc32)=C1. The van der Waals surface area contributed by atoms with Crippen LogP contribution >= 0.6 is 11.8 Å². The van der Waals surface area contributed by atoms with Gasteiger partial charge in [0, 0.05) is 55.1 Å². The number of aliphatic imine (C=N–C) groups is 1. The molecule has 5 aliphatic rings. The molecule has 0 saturated heterocycles. The average molecular weight is 753 g/mol. The molecule has 2 aromatic heterocycles. The summed E-state index contributed by atoms with van der Waals surface area (Å²) in [7, 11) is 0. The van der Waals surface area contributed by atoms with Crippen LogP contribution in [0, 0.1) is 5.92 Å². The van der Waals surface area contributed by atoms with Crippen LogP contribution in [0.1, 0.15) is 37.2 Å². The first-order chi connectivity index (χ1) is 28.3. The number of nitrogens with one attached hydrogen (secondary N) is 1. The highest BCUT2D eigenvalue weighted by atomic mass is 32.2. The number of fused-ring (bicyclic) bond motifs is 9. The quantitative estimate of drug-likeness (QED) is 0.194. The Morgan fingerprint density at radius 3 is 2.16 bits per heavy atom. The number of hydrogen-bond donors (Lipinski definition) is 1. The largest absolute Gasteiger partial charge is 0.348 e. The number of aromatic nitrogens is 2. The second kappa shape index (κ2) is 13.1. The van der Waals surface area contributed by atoms with Gasteiger partial charge in [-0.2, -0.15) is 0 Å². The second-order valence-electron chi connectivity index (χ2n) is 15.8. The highest BCUT2D eigenvalue weighted by Crippen LogP contribution is 2.54. The molecule has 4 nitrogen and oxygen atoms in total. The minimum Gasteiger partial charge on any atom is -0.348 e. The van der Waals surface area contributed by atoms with E-state index in [9.17, 15) is 0 Å². The lowest BCUT2D eigenvalue weighted by Gasteiger charge is -2.30. The van der Waals surface area contributed by atoms with Gasteiger partial charge in [-0.1, -0.05) is 121 Å². The molecule has 0 fully saturated rings. The van der Waals surface area contributed by atoms with Crippen LogP contribution in [-0.4, -0.2) is 21.1 Å². The maximum atomic E-state index is 4.99. The minimum atomic E-state index is 0.115. The van der Waals surface area contributed by atoms with Gasteiger partial charge in [0.2, 0.25) is 5.96 Å². The Labute approximate surface area is 336 Å². The molecule has 5 aromatic carbocycles. The monoisotopic (exact) mass is 752 g/mol. The summed E-state index contributed by atoms with van der Waals surface area (Å²) in [6.45, 7) is 0. The van der Waals surface area contributed by atoms with E-state index in [2.05, 4.69) is 178 Å². The van der Waals surface area contributed by atoms with Gasteiger partial charge in [-0.15, -0.1) is 0 Å². The number of rotatable bonds is 4. The lowest BCUT2D eigenvalue weighted by atomic mass is 9.83. The number of allylic oxidation sites excluding steroid dienone is 11. The summed E-state index contributed by atoms with van der Waals surface area (Å²) in [6, 6.07) is 40.6. The van der Waals surface area contributed by atoms with Crippen LogP contribution in [0.5, 0.6) is 0 Å². The van der Waals surface area contributed by atoms with Gasteiger partial charge in [-0.05, 0) is 108 Å². The zero-order valence-electron chi connectivity index (χ0n) is 31.5. The first-order valence-electron chi connectivity index (χ1n) is 20.3.